The number of nitrogens with zero attached hydrogens (tertiary/aromatic N) is 3. The van der Waals surface area contributed by atoms with E-state index in [1.54, 1.807) is 27.9 Å². The number of carbonyl (C=O) groups is 1. The highest BCUT2D eigenvalue weighted by Crippen LogP contribution is 2.31. The Morgan fingerprint density at radius 3 is 2.64 bits per heavy atom. The minimum atomic E-state index is -0.281. The molecule has 2 heterocycles. The highest BCUT2D eigenvalue weighted by atomic mass is 19.1. The van der Waals surface area contributed by atoms with Crippen LogP contribution in [0, 0.1) is 5.82 Å². The molecule has 6 heteroatoms. The Labute approximate surface area is 144 Å². The fraction of sp³-hybridized carbons (Fsp3) is 0.263. The molecule has 0 bridgehead atoms. The van der Waals surface area contributed by atoms with Crippen molar-refractivity contribution in [3.8, 4) is 5.69 Å². The van der Waals surface area contributed by atoms with Crippen LogP contribution < -0.4 is 10.6 Å². The molecule has 2 aromatic carbocycles. The summed E-state index contributed by atoms with van der Waals surface area (Å²) in [5.41, 5.74) is 8.64. The fourth-order valence-corrected chi connectivity index (χ4v) is 3.59. The number of carbonyl (C=O) groups excluding carboxylic acids is 1. The number of rotatable bonds is 3. The van der Waals surface area contributed by atoms with Crippen LogP contribution in [0.1, 0.15) is 19.8 Å². The number of benzene rings is 2. The van der Waals surface area contributed by atoms with E-state index < -0.39 is 0 Å². The van der Waals surface area contributed by atoms with Crippen LogP contribution in [0.25, 0.3) is 16.6 Å². The molecule has 1 aromatic heterocycles. The number of aromatic nitrogens is 2. The summed E-state index contributed by atoms with van der Waals surface area (Å²) < 4.78 is 14.9. The zero-order chi connectivity index (χ0) is 17.6. The predicted molar refractivity (Wildman–Crippen MR) is 95.2 cm³/mol. The van der Waals surface area contributed by atoms with Gasteiger partial charge in [0.15, 0.2) is 0 Å². The van der Waals surface area contributed by atoms with Gasteiger partial charge in [-0.25, -0.2) is 9.07 Å². The Balaban J connectivity index is 1.75. The van der Waals surface area contributed by atoms with E-state index in [-0.39, 0.29) is 23.8 Å². The van der Waals surface area contributed by atoms with E-state index in [2.05, 4.69) is 5.10 Å². The fourth-order valence-electron chi connectivity index (χ4n) is 3.59. The van der Waals surface area contributed by atoms with Gasteiger partial charge in [0.2, 0.25) is 5.91 Å². The van der Waals surface area contributed by atoms with Crippen molar-refractivity contribution in [2.45, 2.75) is 31.8 Å². The van der Waals surface area contributed by atoms with Crippen LogP contribution in [0.15, 0.2) is 48.7 Å². The zero-order valence-electron chi connectivity index (χ0n) is 13.9. The topological polar surface area (TPSA) is 64.2 Å². The highest BCUT2D eigenvalue weighted by Gasteiger charge is 2.37. The maximum atomic E-state index is 13.1. The summed E-state index contributed by atoms with van der Waals surface area (Å²) in [6.07, 6.45) is 2.95. The van der Waals surface area contributed by atoms with Crippen LogP contribution in [-0.2, 0) is 4.79 Å². The van der Waals surface area contributed by atoms with Gasteiger partial charge >= 0.3 is 0 Å². The molecular weight excluding hydrogens is 319 g/mol. The van der Waals surface area contributed by atoms with Gasteiger partial charge in [0.1, 0.15) is 5.82 Å². The first-order valence-electron chi connectivity index (χ1n) is 8.40. The standard InChI is InChI=1S/C19H19FN4O/c1-2-17-16(21)10-19(25)23(17)15-7-8-18-12(9-15)11-22-24(18)14-5-3-13(20)4-6-14/h3-9,11,16-17H,2,10,21H2,1H3/t16-,17+/m0/s1. The van der Waals surface area contributed by atoms with Crippen LogP contribution in [0.4, 0.5) is 10.1 Å². The first-order valence-corrected chi connectivity index (χ1v) is 8.40. The molecule has 5 nitrogen and oxygen atoms in total. The van der Waals surface area contributed by atoms with Crippen LogP contribution in [0.3, 0.4) is 0 Å². The molecule has 1 fully saturated rings. The molecule has 2 atom stereocenters. The molecule has 25 heavy (non-hydrogen) atoms. The van der Waals surface area contributed by atoms with E-state index in [1.165, 1.54) is 12.1 Å². The first kappa shape index (κ1) is 15.8. The third kappa shape index (κ3) is 2.59. The van der Waals surface area contributed by atoms with E-state index in [0.29, 0.717) is 6.42 Å². The van der Waals surface area contributed by atoms with Gasteiger partial charge in [0.25, 0.3) is 0 Å². The van der Waals surface area contributed by atoms with Crippen molar-refractivity contribution in [1.82, 2.24) is 9.78 Å². The minimum absolute atomic E-state index is 0.0251. The summed E-state index contributed by atoms with van der Waals surface area (Å²) in [6, 6.07) is 11.9. The lowest BCUT2D eigenvalue weighted by Gasteiger charge is -2.26. The number of nitrogens with two attached hydrogens (primary N) is 1. The van der Waals surface area contributed by atoms with E-state index in [9.17, 15) is 9.18 Å². The zero-order valence-corrected chi connectivity index (χ0v) is 13.9. The SMILES string of the molecule is CC[C@@H]1[C@@H](N)CC(=O)N1c1ccc2c(cnn2-c2ccc(F)cc2)c1. The quantitative estimate of drug-likeness (QED) is 0.798. The van der Waals surface area contributed by atoms with E-state index >= 15 is 0 Å². The summed E-state index contributed by atoms with van der Waals surface area (Å²) in [6.45, 7) is 2.04. The van der Waals surface area contributed by atoms with Crippen LogP contribution in [0.5, 0.6) is 0 Å². The maximum absolute atomic E-state index is 13.1. The normalized spacial score (nSPS) is 20.6. The summed E-state index contributed by atoms with van der Waals surface area (Å²) in [5, 5.41) is 5.32. The molecule has 1 saturated heterocycles. The number of halogens is 1. The number of hydrogen-bond donors (Lipinski definition) is 1. The largest absolute Gasteiger partial charge is 0.325 e. The van der Waals surface area contributed by atoms with Crippen molar-refractivity contribution >= 4 is 22.5 Å². The maximum Gasteiger partial charge on any atom is 0.228 e. The van der Waals surface area contributed by atoms with Gasteiger partial charge in [-0.1, -0.05) is 6.92 Å². The molecule has 1 aliphatic heterocycles. The molecule has 3 aromatic rings. The summed E-state index contributed by atoms with van der Waals surface area (Å²) in [5.74, 6) is -0.221. The van der Waals surface area contributed by atoms with Crippen molar-refractivity contribution in [3.63, 3.8) is 0 Å². The monoisotopic (exact) mass is 338 g/mol. The first-order chi connectivity index (χ1) is 12.1. The van der Waals surface area contributed by atoms with E-state index in [0.717, 1.165) is 28.7 Å². The second kappa shape index (κ2) is 5.97. The van der Waals surface area contributed by atoms with Gasteiger partial charge in [0, 0.05) is 23.5 Å². The van der Waals surface area contributed by atoms with Crippen LogP contribution >= 0.6 is 0 Å². The van der Waals surface area contributed by atoms with Crippen LogP contribution in [-0.4, -0.2) is 27.8 Å². The molecule has 1 amide bonds. The minimum Gasteiger partial charge on any atom is -0.325 e. The Bertz CT molecular complexity index is 934. The summed E-state index contributed by atoms with van der Waals surface area (Å²) in [7, 11) is 0. The second-order valence-electron chi connectivity index (χ2n) is 6.38. The molecule has 0 unspecified atom stereocenters. The summed E-state index contributed by atoms with van der Waals surface area (Å²) in [4.78, 5) is 14.1. The molecular formula is C19H19FN4O. The van der Waals surface area contributed by atoms with Gasteiger partial charge < -0.3 is 10.6 Å². The van der Waals surface area contributed by atoms with Crippen molar-refractivity contribution < 1.29 is 9.18 Å². The predicted octanol–water partition coefficient (Wildman–Crippen LogP) is 3.01. The summed E-state index contributed by atoms with van der Waals surface area (Å²) >= 11 is 0. The van der Waals surface area contributed by atoms with Crippen molar-refractivity contribution in [2.75, 3.05) is 4.90 Å². The van der Waals surface area contributed by atoms with Gasteiger partial charge in [-0.15, -0.1) is 0 Å². The number of hydrogen-bond acceptors (Lipinski definition) is 3. The van der Waals surface area contributed by atoms with Gasteiger partial charge in [-0.3, -0.25) is 4.79 Å². The van der Waals surface area contributed by atoms with Crippen molar-refractivity contribution in [2.24, 2.45) is 5.73 Å². The lowest BCUT2D eigenvalue weighted by atomic mass is 10.1. The van der Waals surface area contributed by atoms with E-state index in [4.69, 9.17) is 5.73 Å². The average molecular weight is 338 g/mol. The Kier molecular flexibility index (Phi) is 3.77. The molecule has 0 aliphatic carbocycles. The number of fused-ring (bicyclic) bond motifs is 1. The Morgan fingerprint density at radius 1 is 1.20 bits per heavy atom. The lowest BCUT2D eigenvalue weighted by molar-refractivity contribution is -0.117. The third-order valence-corrected chi connectivity index (χ3v) is 4.82. The molecule has 2 N–H and O–H groups in total. The van der Waals surface area contributed by atoms with Gasteiger partial charge in [-0.05, 0) is 48.9 Å². The Hall–Kier alpha value is -2.73. The third-order valence-electron chi connectivity index (χ3n) is 4.82. The van der Waals surface area contributed by atoms with Crippen LogP contribution in [0.2, 0.25) is 0 Å². The van der Waals surface area contributed by atoms with Gasteiger partial charge in [0.05, 0.1) is 23.4 Å². The Morgan fingerprint density at radius 2 is 1.92 bits per heavy atom. The lowest BCUT2D eigenvalue weighted by Crippen LogP contribution is -2.39. The van der Waals surface area contributed by atoms with Gasteiger partial charge in [-0.2, -0.15) is 5.10 Å². The number of anilines is 1. The van der Waals surface area contributed by atoms with E-state index in [1.807, 2.05) is 25.1 Å². The van der Waals surface area contributed by atoms with Crippen molar-refractivity contribution in [1.29, 1.82) is 0 Å². The molecule has 0 spiro atoms. The molecule has 1 aliphatic rings. The average Bonchev–Trinajstić information content (AvgIpc) is 3.15. The second-order valence-corrected chi connectivity index (χ2v) is 6.38. The number of amides is 1. The molecule has 128 valence electrons. The smallest absolute Gasteiger partial charge is 0.228 e. The molecule has 0 saturated carbocycles. The van der Waals surface area contributed by atoms with Crippen molar-refractivity contribution in [3.05, 3.63) is 54.5 Å². The highest BCUT2D eigenvalue weighted by molar-refractivity contribution is 5.99. The molecule has 0 radical (unpaired) electrons. The molecule has 4 rings (SSSR count).